The molecule has 6 aliphatic carbocycles. The highest BCUT2D eigenvalue weighted by atomic mass is 16.8. The van der Waals surface area contributed by atoms with Gasteiger partial charge in [0.15, 0.2) is 12.6 Å². The third-order valence-electron chi connectivity index (χ3n) is 19.4. The van der Waals surface area contributed by atoms with Crippen LogP contribution in [0, 0.1) is 64.1 Å². The third kappa shape index (κ3) is 7.51. The van der Waals surface area contributed by atoms with Gasteiger partial charge in [-0.15, -0.1) is 0 Å². The quantitative estimate of drug-likeness (QED) is 0.149. The molecule has 0 aromatic heterocycles. The zero-order valence-electron chi connectivity index (χ0n) is 38.2. The Morgan fingerprint density at radius 3 is 1.80 bits per heavy atom. The SMILES string of the molecule is CC1CC(OC2C(CO)OC(OC3CCC4(C)C(CCC5C4CCC4(C)C5[C@@H](O)C5OC6(O[C@@H](O)[C@H](C)C[C@@H]6O)[C@@H](C)C54)C3)C(OC3CC(C)C(O)C(O)C3O)C2O)C(O)C(O)C1O. The van der Waals surface area contributed by atoms with E-state index >= 15 is 0 Å². The first-order valence-electron chi connectivity index (χ1n) is 24.6. The maximum Gasteiger partial charge on any atom is 0.200 e. The maximum atomic E-state index is 12.3. The lowest BCUT2D eigenvalue weighted by Crippen LogP contribution is -2.65. The van der Waals surface area contributed by atoms with Crippen molar-refractivity contribution in [1.29, 1.82) is 0 Å². The monoisotopic (exact) mass is 915 g/mol. The van der Waals surface area contributed by atoms with Crippen molar-refractivity contribution in [2.45, 2.75) is 222 Å². The molecule has 64 heavy (non-hydrogen) atoms. The molecule has 17 nitrogen and oxygen atoms in total. The van der Waals surface area contributed by atoms with Crippen LogP contribution in [0.25, 0.3) is 0 Å². The summed E-state index contributed by atoms with van der Waals surface area (Å²) in [6, 6.07) is 0. The molecule has 3 saturated heterocycles. The lowest BCUT2D eigenvalue weighted by Gasteiger charge is -2.62. The van der Waals surface area contributed by atoms with Crippen molar-refractivity contribution in [3.8, 4) is 0 Å². The molecule has 0 bridgehead atoms. The summed E-state index contributed by atoms with van der Waals surface area (Å²) in [6.45, 7) is 11.4. The topological polar surface area (TPSA) is 278 Å². The Balaban J connectivity index is 0.909. The number of aliphatic hydroxyl groups is 11. The van der Waals surface area contributed by atoms with Crippen LogP contribution in [-0.2, 0) is 28.4 Å². The van der Waals surface area contributed by atoms with Crippen molar-refractivity contribution in [1.82, 2.24) is 0 Å². The average molecular weight is 915 g/mol. The van der Waals surface area contributed by atoms with E-state index in [1.807, 2.05) is 13.8 Å². The Hall–Kier alpha value is -0.680. The molecule has 17 heteroatoms. The summed E-state index contributed by atoms with van der Waals surface area (Å²) in [7, 11) is 0. The molecule has 9 rings (SSSR count). The molecule has 3 aliphatic heterocycles. The van der Waals surface area contributed by atoms with Gasteiger partial charge in [0.2, 0.25) is 5.79 Å². The number of fused-ring (bicyclic) bond motifs is 7. The summed E-state index contributed by atoms with van der Waals surface area (Å²) < 4.78 is 38.7. The van der Waals surface area contributed by atoms with Crippen molar-refractivity contribution < 1.29 is 84.6 Å². The fraction of sp³-hybridized carbons (Fsp3) is 1.00. The minimum Gasteiger partial charge on any atom is -0.394 e. The van der Waals surface area contributed by atoms with Gasteiger partial charge in [-0.1, -0.05) is 41.5 Å². The normalized spacial score (nSPS) is 61.0. The molecule has 1 spiro atoms. The largest absolute Gasteiger partial charge is 0.394 e. The van der Waals surface area contributed by atoms with Crippen LogP contribution in [0.3, 0.4) is 0 Å². The Bertz CT molecular complexity index is 1640. The predicted molar refractivity (Wildman–Crippen MR) is 223 cm³/mol. The summed E-state index contributed by atoms with van der Waals surface area (Å²) in [6.07, 6.45) is -13.9. The minimum atomic E-state index is -1.53. The van der Waals surface area contributed by atoms with E-state index < -0.39 is 128 Å². The van der Waals surface area contributed by atoms with Crippen LogP contribution >= 0.6 is 0 Å². The fourth-order valence-corrected chi connectivity index (χ4v) is 15.7. The highest BCUT2D eigenvalue weighted by Crippen LogP contribution is 2.71. The van der Waals surface area contributed by atoms with Gasteiger partial charge in [0.1, 0.15) is 54.9 Å². The molecular weight excluding hydrogens is 837 g/mol. The second-order valence-electron chi connectivity index (χ2n) is 22.9. The zero-order chi connectivity index (χ0) is 46.1. The lowest BCUT2D eigenvalue weighted by molar-refractivity contribution is -0.376. The predicted octanol–water partition coefficient (Wildman–Crippen LogP) is -0.0912. The van der Waals surface area contributed by atoms with Gasteiger partial charge in [-0.3, -0.25) is 0 Å². The van der Waals surface area contributed by atoms with Gasteiger partial charge in [-0.25, -0.2) is 0 Å². The smallest absolute Gasteiger partial charge is 0.200 e. The van der Waals surface area contributed by atoms with Crippen LogP contribution in [0.1, 0.15) is 106 Å². The van der Waals surface area contributed by atoms with E-state index in [4.69, 9.17) is 28.4 Å². The first-order valence-corrected chi connectivity index (χ1v) is 24.6. The zero-order valence-corrected chi connectivity index (χ0v) is 38.2. The summed E-state index contributed by atoms with van der Waals surface area (Å²) in [5.74, 6) is -1.89. The van der Waals surface area contributed by atoms with Crippen LogP contribution in [0.2, 0.25) is 0 Å². The molecule has 0 aromatic rings. The molecular formula is C47H78O17. The third-order valence-corrected chi connectivity index (χ3v) is 19.4. The van der Waals surface area contributed by atoms with Gasteiger partial charge < -0.3 is 84.6 Å². The van der Waals surface area contributed by atoms with Gasteiger partial charge in [-0.2, -0.15) is 0 Å². The van der Waals surface area contributed by atoms with E-state index in [-0.39, 0.29) is 65.3 Å². The van der Waals surface area contributed by atoms with Gasteiger partial charge in [0, 0.05) is 17.8 Å². The maximum absolute atomic E-state index is 12.3. The molecule has 11 N–H and O–H groups in total. The van der Waals surface area contributed by atoms with Gasteiger partial charge in [0.05, 0.1) is 49.3 Å². The molecule has 368 valence electrons. The molecule has 25 unspecified atom stereocenters. The summed E-state index contributed by atoms with van der Waals surface area (Å²) in [5.41, 5.74) is -0.303. The average Bonchev–Trinajstić information content (AvgIpc) is 3.68. The van der Waals surface area contributed by atoms with Crippen LogP contribution in [-0.4, -0.2) is 179 Å². The van der Waals surface area contributed by atoms with Crippen LogP contribution in [0.5, 0.6) is 0 Å². The summed E-state index contributed by atoms with van der Waals surface area (Å²) in [4.78, 5) is 0. The Morgan fingerprint density at radius 1 is 0.562 bits per heavy atom. The standard InChI is InChI=1S/C47H78O17/c1-18-13-26(34(52)37(55)32(18)50)60-40-28(17-48)62-44(42(39(40)57)61-27-14-19(2)33(51)38(56)35(27)53)59-23-9-11-45(5)22(16-23)7-8-24-25(45)10-12-46(6)30-21(4)47(63-41(30)36(54)31(24)46)29(49)15-20(3)43(58)64-47/h18-44,48-58H,7-17H2,1-6H3/t18?,19?,20-,21+,22?,23?,24?,25?,26?,27?,28?,29+,30?,31?,32?,33?,34?,35?,36-,37?,38?,39?,40?,41?,42?,43-,44?,45?,46?,47?/m1/s1. The van der Waals surface area contributed by atoms with Crippen molar-refractivity contribution in [3.63, 3.8) is 0 Å². The van der Waals surface area contributed by atoms with E-state index in [1.165, 1.54) is 0 Å². The van der Waals surface area contributed by atoms with E-state index in [1.54, 1.807) is 13.8 Å². The van der Waals surface area contributed by atoms with Crippen molar-refractivity contribution in [3.05, 3.63) is 0 Å². The Labute approximate surface area is 376 Å². The number of hydrogen-bond acceptors (Lipinski definition) is 17. The molecule has 30 atom stereocenters. The molecule has 9 fully saturated rings. The van der Waals surface area contributed by atoms with Gasteiger partial charge in [-0.05, 0) is 111 Å². The molecule has 6 saturated carbocycles. The van der Waals surface area contributed by atoms with E-state index in [9.17, 15) is 56.2 Å². The van der Waals surface area contributed by atoms with E-state index in [2.05, 4.69) is 13.8 Å². The molecule has 0 aromatic carbocycles. The molecule has 0 radical (unpaired) electrons. The second kappa shape index (κ2) is 17.6. The Kier molecular flexibility index (Phi) is 13.3. The number of aliphatic hydroxyl groups excluding tert-OH is 11. The lowest BCUT2D eigenvalue weighted by atomic mass is 9.44. The summed E-state index contributed by atoms with van der Waals surface area (Å²) in [5, 5.41) is 121. The first kappa shape index (κ1) is 48.3. The minimum absolute atomic E-state index is 0.00162. The molecule has 0 amide bonds. The van der Waals surface area contributed by atoms with Crippen LogP contribution in [0.15, 0.2) is 0 Å². The highest BCUT2D eigenvalue weighted by Gasteiger charge is 2.74. The highest BCUT2D eigenvalue weighted by molar-refractivity contribution is 5.19. The number of hydrogen-bond donors (Lipinski definition) is 11. The molecule has 3 heterocycles. The molecule has 9 aliphatic rings. The number of rotatable bonds is 7. The van der Waals surface area contributed by atoms with E-state index in [0.29, 0.717) is 25.2 Å². The Morgan fingerprint density at radius 2 is 1.17 bits per heavy atom. The second-order valence-corrected chi connectivity index (χ2v) is 22.9. The van der Waals surface area contributed by atoms with Gasteiger partial charge in [0.25, 0.3) is 0 Å². The fourth-order valence-electron chi connectivity index (χ4n) is 15.7. The van der Waals surface area contributed by atoms with Crippen LogP contribution in [0.4, 0.5) is 0 Å². The summed E-state index contributed by atoms with van der Waals surface area (Å²) >= 11 is 0. The van der Waals surface area contributed by atoms with E-state index in [0.717, 1.165) is 32.1 Å². The number of ether oxygens (including phenoxy) is 6. The van der Waals surface area contributed by atoms with Crippen LogP contribution < -0.4 is 0 Å². The van der Waals surface area contributed by atoms with Gasteiger partial charge >= 0.3 is 0 Å². The first-order chi connectivity index (χ1) is 30.2. The van der Waals surface area contributed by atoms with Crippen molar-refractivity contribution >= 4 is 0 Å². The van der Waals surface area contributed by atoms with Crippen molar-refractivity contribution in [2.75, 3.05) is 6.61 Å². The van der Waals surface area contributed by atoms with Crippen molar-refractivity contribution in [2.24, 2.45) is 64.1 Å².